The van der Waals surface area contributed by atoms with Gasteiger partial charge in [0.15, 0.2) is 0 Å². The normalized spacial score (nSPS) is 14.6. The Kier molecular flexibility index (Phi) is 3.65. The SMILES string of the molecule is Cc1cccc(NC(=O)C(C)N2C(=O)c3ccccc3C2=O)n1. The van der Waals surface area contributed by atoms with Gasteiger partial charge in [-0.1, -0.05) is 18.2 Å². The fourth-order valence-corrected chi connectivity index (χ4v) is 2.52. The molecule has 0 radical (unpaired) electrons. The molecule has 6 heteroatoms. The maximum atomic E-state index is 12.4. The van der Waals surface area contributed by atoms with E-state index in [1.807, 2.05) is 13.0 Å². The summed E-state index contributed by atoms with van der Waals surface area (Å²) in [4.78, 5) is 42.3. The second-order valence-corrected chi connectivity index (χ2v) is 5.36. The van der Waals surface area contributed by atoms with Crippen LogP contribution >= 0.6 is 0 Å². The molecule has 1 atom stereocenters. The molecule has 1 aromatic heterocycles. The molecule has 23 heavy (non-hydrogen) atoms. The molecular weight excluding hydrogens is 294 g/mol. The van der Waals surface area contributed by atoms with E-state index in [4.69, 9.17) is 0 Å². The Bertz CT molecular complexity index is 781. The maximum absolute atomic E-state index is 12.4. The molecule has 0 bridgehead atoms. The number of nitrogens with one attached hydrogen (secondary N) is 1. The van der Waals surface area contributed by atoms with E-state index in [2.05, 4.69) is 10.3 Å². The summed E-state index contributed by atoms with van der Waals surface area (Å²) in [6.07, 6.45) is 0. The number of carbonyl (C=O) groups excluding carboxylic acids is 3. The highest BCUT2D eigenvalue weighted by molar-refractivity contribution is 6.23. The van der Waals surface area contributed by atoms with Crippen LogP contribution in [0.5, 0.6) is 0 Å². The van der Waals surface area contributed by atoms with Gasteiger partial charge in [-0.2, -0.15) is 0 Å². The van der Waals surface area contributed by atoms with Crippen molar-refractivity contribution in [1.82, 2.24) is 9.88 Å². The number of fused-ring (bicyclic) bond motifs is 1. The van der Waals surface area contributed by atoms with Gasteiger partial charge in [0.1, 0.15) is 11.9 Å². The van der Waals surface area contributed by atoms with Gasteiger partial charge in [-0.25, -0.2) is 4.98 Å². The number of imide groups is 1. The third-order valence-electron chi connectivity index (χ3n) is 3.73. The van der Waals surface area contributed by atoms with Crippen LogP contribution in [0.1, 0.15) is 33.3 Å². The summed E-state index contributed by atoms with van der Waals surface area (Å²) in [5, 5.41) is 2.63. The van der Waals surface area contributed by atoms with Crippen molar-refractivity contribution in [2.45, 2.75) is 19.9 Å². The van der Waals surface area contributed by atoms with Gasteiger partial charge in [0.25, 0.3) is 11.8 Å². The Morgan fingerprint density at radius 2 is 1.65 bits per heavy atom. The molecule has 0 aliphatic carbocycles. The number of benzene rings is 1. The number of hydrogen-bond acceptors (Lipinski definition) is 4. The monoisotopic (exact) mass is 309 g/mol. The minimum Gasteiger partial charge on any atom is -0.309 e. The van der Waals surface area contributed by atoms with E-state index in [0.717, 1.165) is 10.6 Å². The van der Waals surface area contributed by atoms with E-state index in [1.165, 1.54) is 6.92 Å². The van der Waals surface area contributed by atoms with Gasteiger partial charge in [-0.3, -0.25) is 19.3 Å². The van der Waals surface area contributed by atoms with E-state index in [-0.39, 0.29) is 0 Å². The Morgan fingerprint density at radius 1 is 1.04 bits per heavy atom. The molecule has 3 amide bonds. The summed E-state index contributed by atoms with van der Waals surface area (Å²) in [5.41, 5.74) is 1.41. The number of pyridine rings is 1. The molecule has 1 aromatic carbocycles. The molecule has 1 aliphatic rings. The van der Waals surface area contributed by atoms with Crippen molar-refractivity contribution in [2.75, 3.05) is 5.32 Å². The van der Waals surface area contributed by atoms with Crippen LogP contribution in [0.3, 0.4) is 0 Å². The molecule has 0 spiro atoms. The number of anilines is 1. The van der Waals surface area contributed by atoms with E-state index >= 15 is 0 Å². The number of hydrogen-bond donors (Lipinski definition) is 1. The summed E-state index contributed by atoms with van der Waals surface area (Å²) in [6, 6.07) is 10.9. The smallest absolute Gasteiger partial charge is 0.262 e. The molecule has 1 unspecified atom stereocenters. The van der Waals surface area contributed by atoms with Gasteiger partial charge >= 0.3 is 0 Å². The van der Waals surface area contributed by atoms with Gasteiger partial charge in [0, 0.05) is 5.69 Å². The molecule has 0 saturated heterocycles. The number of aryl methyl sites for hydroxylation is 1. The van der Waals surface area contributed by atoms with Crippen LogP contribution in [0.4, 0.5) is 5.82 Å². The van der Waals surface area contributed by atoms with Crippen LogP contribution in [-0.2, 0) is 4.79 Å². The van der Waals surface area contributed by atoms with Crippen LogP contribution in [0.2, 0.25) is 0 Å². The number of aromatic nitrogens is 1. The highest BCUT2D eigenvalue weighted by atomic mass is 16.2. The molecule has 1 aliphatic heterocycles. The van der Waals surface area contributed by atoms with Crippen LogP contribution in [0.25, 0.3) is 0 Å². The van der Waals surface area contributed by atoms with Gasteiger partial charge in [-0.05, 0) is 38.1 Å². The summed E-state index contributed by atoms with van der Waals surface area (Å²) in [7, 11) is 0. The first-order valence-electron chi connectivity index (χ1n) is 7.20. The largest absolute Gasteiger partial charge is 0.309 e. The lowest BCUT2D eigenvalue weighted by atomic mass is 10.1. The van der Waals surface area contributed by atoms with E-state index < -0.39 is 23.8 Å². The average molecular weight is 309 g/mol. The third kappa shape index (κ3) is 2.59. The summed E-state index contributed by atoms with van der Waals surface area (Å²) < 4.78 is 0. The maximum Gasteiger partial charge on any atom is 0.262 e. The highest BCUT2D eigenvalue weighted by Gasteiger charge is 2.40. The van der Waals surface area contributed by atoms with Crippen molar-refractivity contribution in [2.24, 2.45) is 0 Å². The Morgan fingerprint density at radius 3 is 2.22 bits per heavy atom. The molecular formula is C17H15N3O3. The average Bonchev–Trinajstić information content (AvgIpc) is 2.79. The molecule has 2 aromatic rings. The van der Waals surface area contributed by atoms with Crippen LogP contribution in [-0.4, -0.2) is 33.6 Å². The van der Waals surface area contributed by atoms with E-state index in [0.29, 0.717) is 16.9 Å². The van der Waals surface area contributed by atoms with Crippen molar-refractivity contribution in [3.05, 3.63) is 59.3 Å². The third-order valence-corrected chi connectivity index (χ3v) is 3.73. The van der Waals surface area contributed by atoms with Gasteiger partial charge in [0.2, 0.25) is 5.91 Å². The first-order valence-corrected chi connectivity index (χ1v) is 7.20. The quantitative estimate of drug-likeness (QED) is 0.880. The number of amides is 3. The van der Waals surface area contributed by atoms with Crippen molar-refractivity contribution >= 4 is 23.5 Å². The zero-order valence-electron chi connectivity index (χ0n) is 12.7. The fraction of sp³-hybridized carbons (Fsp3) is 0.176. The summed E-state index contributed by atoms with van der Waals surface area (Å²) >= 11 is 0. The highest BCUT2D eigenvalue weighted by Crippen LogP contribution is 2.24. The lowest BCUT2D eigenvalue weighted by molar-refractivity contribution is -0.119. The van der Waals surface area contributed by atoms with Gasteiger partial charge in [0.05, 0.1) is 11.1 Å². The zero-order valence-corrected chi connectivity index (χ0v) is 12.7. The van der Waals surface area contributed by atoms with Crippen LogP contribution in [0, 0.1) is 6.92 Å². The van der Waals surface area contributed by atoms with Gasteiger partial charge in [-0.15, -0.1) is 0 Å². The van der Waals surface area contributed by atoms with Crippen molar-refractivity contribution in [3.63, 3.8) is 0 Å². The van der Waals surface area contributed by atoms with Crippen molar-refractivity contribution in [1.29, 1.82) is 0 Å². The first kappa shape index (κ1) is 14.9. The predicted molar refractivity (Wildman–Crippen MR) is 84.0 cm³/mol. The van der Waals surface area contributed by atoms with E-state index in [1.54, 1.807) is 36.4 Å². The summed E-state index contributed by atoms with van der Waals surface area (Å²) in [5.74, 6) is -0.980. The number of carbonyl (C=O) groups is 3. The zero-order chi connectivity index (χ0) is 16.6. The molecule has 2 heterocycles. The molecule has 3 rings (SSSR count). The number of nitrogens with zero attached hydrogens (tertiary/aromatic N) is 2. The Balaban J connectivity index is 1.81. The first-order chi connectivity index (χ1) is 11.0. The second kappa shape index (κ2) is 5.64. The predicted octanol–water partition coefficient (Wildman–Crippen LogP) is 2.01. The Labute approximate surface area is 133 Å². The number of rotatable bonds is 3. The molecule has 6 nitrogen and oxygen atoms in total. The minimum atomic E-state index is -0.926. The summed E-state index contributed by atoms with van der Waals surface area (Å²) in [6.45, 7) is 3.33. The topological polar surface area (TPSA) is 79.4 Å². The van der Waals surface area contributed by atoms with Crippen LogP contribution < -0.4 is 5.32 Å². The van der Waals surface area contributed by atoms with E-state index in [9.17, 15) is 14.4 Å². The molecule has 0 fully saturated rings. The minimum absolute atomic E-state index is 0.325. The molecule has 116 valence electrons. The molecule has 0 saturated carbocycles. The lowest BCUT2D eigenvalue weighted by Gasteiger charge is -2.21. The standard InChI is InChI=1S/C17H15N3O3/c1-10-6-5-9-14(18-10)19-15(21)11(2)20-16(22)12-7-3-4-8-13(12)17(20)23/h3-9,11H,1-2H3,(H,18,19,21). The fourth-order valence-electron chi connectivity index (χ4n) is 2.52. The van der Waals surface area contributed by atoms with Crippen LogP contribution in [0.15, 0.2) is 42.5 Å². The van der Waals surface area contributed by atoms with Gasteiger partial charge < -0.3 is 5.32 Å². The second-order valence-electron chi connectivity index (χ2n) is 5.36. The van der Waals surface area contributed by atoms with Crippen molar-refractivity contribution < 1.29 is 14.4 Å². The lowest BCUT2D eigenvalue weighted by Crippen LogP contribution is -2.45. The Hall–Kier alpha value is -3.02. The molecule has 1 N–H and O–H groups in total. The van der Waals surface area contributed by atoms with Crippen molar-refractivity contribution in [3.8, 4) is 0 Å².